The van der Waals surface area contributed by atoms with Gasteiger partial charge in [-0.15, -0.1) is 0 Å². The zero-order valence-electron chi connectivity index (χ0n) is 7.92. The van der Waals surface area contributed by atoms with E-state index in [1.807, 2.05) is 0 Å². The lowest BCUT2D eigenvalue weighted by atomic mass is 10.3. The molecule has 0 bridgehead atoms. The molecule has 0 saturated carbocycles. The summed E-state index contributed by atoms with van der Waals surface area (Å²) in [7, 11) is 0. The van der Waals surface area contributed by atoms with Gasteiger partial charge in [0.1, 0.15) is 11.6 Å². The van der Waals surface area contributed by atoms with Crippen LogP contribution in [0.2, 0.25) is 5.28 Å². The Morgan fingerprint density at radius 1 is 1.31 bits per heavy atom. The van der Waals surface area contributed by atoms with Crippen molar-refractivity contribution in [1.29, 1.82) is 0 Å². The number of hydrogen-bond acceptors (Lipinski definition) is 3. The van der Waals surface area contributed by atoms with Crippen molar-refractivity contribution >= 4 is 39.0 Å². The summed E-state index contributed by atoms with van der Waals surface area (Å²) in [5, 5.41) is 3.14. The first-order chi connectivity index (χ1) is 7.65. The Morgan fingerprint density at radius 3 is 2.81 bits per heavy atom. The highest BCUT2D eigenvalue weighted by Crippen LogP contribution is 2.22. The van der Waals surface area contributed by atoms with E-state index in [-0.39, 0.29) is 11.1 Å². The van der Waals surface area contributed by atoms with Crippen LogP contribution < -0.4 is 5.32 Å². The summed E-state index contributed by atoms with van der Waals surface area (Å²) in [6.07, 6.45) is 1.54. The van der Waals surface area contributed by atoms with Crippen molar-refractivity contribution in [3.63, 3.8) is 0 Å². The SMILES string of the molecule is Fc1ccc(Nc2ccnc(Cl)n2)cc1Br. The summed E-state index contributed by atoms with van der Waals surface area (Å²) in [5.74, 6) is 0.241. The van der Waals surface area contributed by atoms with E-state index in [2.05, 4.69) is 31.2 Å². The van der Waals surface area contributed by atoms with Crippen molar-refractivity contribution in [2.24, 2.45) is 0 Å². The van der Waals surface area contributed by atoms with Crippen molar-refractivity contribution in [2.75, 3.05) is 5.32 Å². The molecule has 1 heterocycles. The van der Waals surface area contributed by atoms with Gasteiger partial charge >= 0.3 is 0 Å². The molecule has 6 heteroatoms. The molecule has 0 amide bonds. The van der Waals surface area contributed by atoms with Gasteiger partial charge in [-0.1, -0.05) is 0 Å². The molecule has 0 aliphatic rings. The number of aromatic nitrogens is 2. The molecule has 0 saturated heterocycles. The summed E-state index contributed by atoms with van der Waals surface area (Å²) >= 11 is 8.74. The Bertz CT molecular complexity index is 521. The van der Waals surface area contributed by atoms with Crippen LogP contribution in [-0.4, -0.2) is 9.97 Å². The number of hydrogen-bond donors (Lipinski definition) is 1. The number of anilines is 2. The zero-order valence-corrected chi connectivity index (χ0v) is 10.3. The van der Waals surface area contributed by atoms with Gasteiger partial charge in [0.25, 0.3) is 0 Å². The number of rotatable bonds is 2. The van der Waals surface area contributed by atoms with Crippen LogP contribution in [0.4, 0.5) is 15.9 Å². The fraction of sp³-hybridized carbons (Fsp3) is 0. The normalized spacial score (nSPS) is 10.2. The third kappa shape index (κ3) is 2.68. The van der Waals surface area contributed by atoms with E-state index < -0.39 is 0 Å². The molecule has 0 atom stereocenters. The lowest BCUT2D eigenvalue weighted by Crippen LogP contribution is -1.94. The predicted octanol–water partition coefficient (Wildman–Crippen LogP) is 3.78. The van der Waals surface area contributed by atoms with E-state index in [1.165, 1.54) is 12.3 Å². The number of nitrogens with one attached hydrogen (secondary N) is 1. The summed E-state index contributed by atoms with van der Waals surface area (Å²) in [4.78, 5) is 7.71. The molecule has 2 rings (SSSR count). The highest BCUT2D eigenvalue weighted by Gasteiger charge is 2.02. The third-order valence-corrected chi connectivity index (χ3v) is 2.61. The summed E-state index contributed by atoms with van der Waals surface area (Å²) in [6, 6.07) is 6.25. The number of halogens is 3. The molecule has 2 aromatic rings. The Kier molecular flexibility index (Phi) is 3.36. The van der Waals surface area contributed by atoms with E-state index in [1.54, 1.807) is 18.2 Å². The first-order valence-electron chi connectivity index (χ1n) is 4.36. The van der Waals surface area contributed by atoms with Crippen molar-refractivity contribution in [3.8, 4) is 0 Å². The Labute approximate surface area is 105 Å². The molecule has 1 N–H and O–H groups in total. The molecule has 0 spiro atoms. The molecule has 82 valence electrons. The second kappa shape index (κ2) is 4.76. The minimum absolute atomic E-state index is 0.158. The number of benzene rings is 1. The maximum absolute atomic E-state index is 13.0. The predicted molar refractivity (Wildman–Crippen MR) is 64.4 cm³/mol. The molecule has 16 heavy (non-hydrogen) atoms. The molecule has 0 unspecified atom stereocenters. The molecule has 0 fully saturated rings. The average Bonchev–Trinajstić information content (AvgIpc) is 2.24. The minimum atomic E-state index is -0.314. The van der Waals surface area contributed by atoms with Crippen LogP contribution >= 0.6 is 27.5 Å². The Balaban J connectivity index is 2.24. The van der Waals surface area contributed by atoms with E-state index in [9.17, 15) is 4.39 Å². The van der Waals surface area contributed by atoms with Gasteiger partial charge in [-0.05, 0) is 51.8 Å². The molecular formula is C10H6BrClFN3. The quantitative estimate of drug-likeness (QED) is 0.858. The van der Waals surface area contributed by atoms with E-state index in [0.29, 0.717) is 16.0 Å². The summed E-state index contributed by atoms with van der Waals surface area (Å²) in [6.45, 7) is 0. The Morgan fingerprint density at radius 2 is 2.12 bits per heavy atom. The van der Waals surface area contributed by atoms with Gasteiger partial charge < -0.3 is 5.32 Å². The zero-order chi connectivity index (χ0) is 11.5. The lowest BCUT2D eigenvalue weighted by Gasteiger charge is -2.05. The summed E-state index contributed by atoms with van der Waals surface area (Å²) in [5.41, 5.74) is 0.711. The van der Waals surface area contributed by atoms with E-state index in [0.717, 1.165) is 0 Å². The van der Waals surface area contributed by atoms with Crippen LogP contribution in [0.5, 0.6) is 0 Å². The van der Waals surface area contributed by atoms with Gasteiger partial charge in [0.2, 0.25) is 5.28 Å². The van der Waals surface area contributed by atoms with Crippen LogP contribution in [0.25, 0.3) is 0 Å². The molecule has 1 aromatic heterocycles. The van der Waals surface area contributed by atoms with Crippen molar-refractivity contribution in [3.05, 3.63) is 46.0 Å². The first-order valence-corrected chi connectivity index (χ1v) is 5.53. The van der Waals surface area contributed by atoms with Gasteiger partial charge in [0.15, 0.2) is 0 Å². The monoisotopic (exact) mass is 301 g/mol. The second-order valence-corrected chi connectivity index (χ2v) is 4.16. The highest BCUT2D eigenvalue weighted by atomic mass is 79.9. The molecule has 0 aliphatic carbocycles. The second-order valence-electron chi connectivity index (χ2n) is 2.96. The minimum Gasteiger partial charge on any atom is -0.340 e. The maximum Gasteiger partial charge on any atom is 0.224 e. The first kappa shape index (κ1) is 11.3. The van der Waals surface area contributed by atoms with Crippen LogP contribution in [0.3, 0.4) is 0 Å². The van der Waals surface area contributed by atoms with E-state index >= 15 is 0 Å². The van der Waals surface area contributed by atoms with Crippen LogP contribution in [-0.2, 0) is 0 Å². The van der Waals surface area contributed by atoms with Crippen LogP contribution in [0, 0.1) is 5.82 Å². The van der Waals surface area contributed by atoms with Gasteiger partial charge in [-0.2, -0.15) is 0 Å². The van der Waals surface area contributed by atoms with Crippen LogP contribution in [0.15, 0.2) is 34.9 Å². The van der Waals surface area contributed by atoms with Crippen LogP contribution in [0.1, 0.15) is 0 Å². The molecule has 0 aliphatic heterocycles. The topological polar surface area (TPSA) is 37.8 Å². The van der Waals surface area contributed by atoms with Crippen molar-refractivity contribution in [2.45, 2.75) is 0 Å². The van der Waals surface area contributed by atoms with Gasteiger partial charge in [-0.25, -0.2) is 14.4 Å². The highest BCUT2D eigenvalue weighted by molar-refractivity contribution is 9.10. The largest absolute Gasteiger partial charge is 0.340 e. The molecular weight excluding hydrogens is 296 g/mol. The number of nitrogens with zero attached hydrogens (tertiary/aromatic N) is 2. The molecule has 0 radical (unpaired) electrons. The van der Waals surface area contributed by atoms with Gasteiger partial charge in [-0.3, -0.25) is 0 Å². The average molecular weight is 303 g/mol. The lowest BCUT2D eigenvalue weighted by molar-refractivity contribution is 0.621. The van der Waals surface area contributed by atoms with Gasteiger partial charge in [0, 0.05) is 11.9 Å². The van der Waals surface area contributed by atoms with Crippen molar-refractivity contribution in [1.82, 2.24) is 9.97 Å². The van der Waals surface area contributed by atoms with Crippen molar-refractivity contribution < 1.29 is 4.39 Å². The fourth-order valence-electron chi connectivity index (χ4n) is 1.13. The standard InChI is InChI=1S/C10H6BrClFN3/c11-7-5-6(1-2-8(7)13)15-9-3-4-14-10(12)16-9/h1-5H,(H,14,15,16). The summed E-state index contributed by atoms with van der Waals surface area (Å²) < 4.78 is 13.4. The Hall–Kier alpha value is -1.20. The van der Waals surface area contributed by atoms with E-state index in [4.69, 9.17) is 11.6 Å². The fourth-order valence-corrected chi connectivity index (χ4v) is 1.65. The molecule has 3 nitrogen and oxygen atoms in total. The third-order valence-electron chi connectivity index (χ3n) is 1.82. The van der Waals surface area contributed by atoms with Gasteiger partial charge in [0.05, 0.1) is 4.47 Å². The molecule has 1 aromatic carbocycles. The smallest absolute Gasteiger partial charge is 0.224 e. The maximum atomic E-state index is 13.0.